The molecule has 0 heterocycles. The molecule has 1 nitrogen and oxygen atoms in total. The third kappa shape index (κ3) is 7.52. The van der Waals surface area contributed by atoms with Crippen LogP contribution in [-0.2, 0) is 0 Å². The smallest absolute Gasteiger partial charge is 0.0719 e. The lowest BCUT2D eigenvalue weighted by atomic mass is 10.1. The van der Waals surface area contributed by atoms with Crippen LogP contribution in [0, 0.1) is 11.8 Å². The molecule has 0 fully saturated rings. The van der Waals surface area contributed by atoms with Gasteiger partial charge >= 0.3 is 0 Å². The van der Waals surface area contributed by atoms with Gasteiger partial charge in [-0.15, -0.1) is 5.92 Å². The summed E-state index contributed by atoms with van der Waals surface area (Å²) < 4.78 is 0. The van der Waals surface area contributed by atoms with E-state index >= 15 is 0 Å². The Kier molecular flexibility index (Phi) is 3.34. The summed E-state index contributed by atoms with van der Waals surface area (Å²) in [7, 11) is 0. The normalized spacial score (nSPS) is 10.2. The summed E-state index contributed by atoms with van der Waals surface area (Å²) in [6.45, 7) is 5.93. The van der Waals surface area contributed by atoms with Gasteiger partial charge in [-0.3, -0.25) is 0 Å². The number of nitrogens with two attached hydrogens (primary N) is 1. The topological polar surface area (TPSA) is 26.0 Å². The SMILES string of the molecule is CCCC#CC(C)(C)N. The third-order valence-electron chi connectivity index (χ3n) is 0.786. The van der Waals surface area contributed by atoms with E-state index in [1.165, 1.54) is 0 Å². The van der Waals surface area contributed by atoms with Gasteiger partial charge in [0.1, 0.15) is 0 Å². The Hall–Kier alpha value is -0.480. The van der Waals surface area contributed by atoms with Crippen LogP contribution in [-0.4, -0.2) is 5.54 Å². The van der Waals surface area contributed by atoms with Crippen LogP contribution < -0.4 is 5.73 Å². The van der Waals surface area contributed by atoms with Crippen molar-refractivity contribution in [1.82, 2.24) is 0 Å². The van der Waals surface area contributed by atoms with Crippen molar-refractivity contribution in [2.75, 3.05) is 0 Å². The van der Waals surface area contributed by atoms with E-state index in [4.69, 9.17) is 5.73 Å². The molecule has 0 aliphatic rings. The quantitative estimate of drug-likeness (QED) is 0.528. The van der Waals surface area contributed by atoms with E-state index in [2.05, 4.69) is 18.8 Å². The van der Waals surface area contributed by atoms with E-state index in [0.29, 0.717) is 0 Å². The molecule has 0 bridgehead atoms. The lowest BCUT2D eigenvalue weighted by molar-refractivity contribution is 0.679. The van der Waals surface area contributed by atoms with Gasteiger partial charge in [-0.25, -0.2) is 0 Å². The van der Waals surface area contributed by atoms with Gasteiger partial charge in [-0.2, -0.15) is 0 Å². The van der Waals surface area contributed by atoms with E-state index < -0.39 is 0 Å². The fourth-order valence-electron chi connectivity index (χ4n) is 0.415. The van der Waals surface area contributed by atoms with Gasteiger partial charge in [0.05, 0.1) is 5.54 Å². The van der Waals surface area contributed by atoms with Gasteiger partial charge in [0.15, 0.2) is 0 Å². The van der Waals surface area contributed by atoms with Crippen LogP contribution in [0.2, 0.25) is 0 Å². The maximum atomic E-state index is 5.60. The van der Waals surface area contributed by atoms with Crippen molar-refractivity contribution in [3.05, 3.63) is 0 Å². The summed E-state index contributed by atoms with van der Waals surface area (Å²) in [5, 5.41) is 0. The second-order valence-corrected chi connectivity index (χ2v) is 2.77. The van der Waals surface area contributed by atoms with E-state index in [0.717, 1.165) is 12.8 Å². The Morgan fingerprint density at radius 1 is 1.44 bits per heavy atom. The fraction of sp³-hybridized carbons (Fsp3) is 0.750. The first-order valence-corrected chi connectivity index (χ1v) is 3.35. The Balaban J connectivity index is 3.59. The lowest BCUT2D eigenvalue weighted by Crippen LogP contribution is -2.29. The first kappa shape index (κ1) is 8.52. The molecule has 0 spiro atoms. The molecular weight excluding hydrogens is 110 g/mol. The predicted molar refractivity (Wildman–Crippen MR) is 41.0 cm³/mol. The zero-order valence-electron chi connectivity index (χ0n) is 6.49. The van der Waals surface area contributed by atoms with E-state index in [1.807, 2.05) is 13.8 Å². The molecule has 2 N–H and O–H groups in total. The van der Waals surface area contributed by atoms with E-state index in [9.17, 15) is 0 Å². The van der Waals surface area contributed by atoms with Crippen molar-refractivity contribution < 1.29 is 0 Å². The molecule has 9 heavy (non-hydrogen) atoms. The molecule has 0 amide bonds. The average molecular weight is 125 g/mol. The molecule has 0 aliphatic carbocycles. The fourth-order valence-corrected chi connectivity index (χ4v) is 0.415. The Bertz CT molecular complexity index is 120. The maximum Gasteiger partial charge on any atom is 0.0719 e. The highest BCUT2D eigenvalue weighted by atomic mass is 14.7. The molecule has 1 heteroatoms. The minimum atomic E-state index is -0.310. The molecule has 0 atom stereocenters. The van der Waals surface area contributed by atoms with Crippen LogP contribution in [0.15, 0.2) is 0 Å². The molecule has 0 unspecified atom stereocenters. The van der Waals surface area contributed by atoms with E-state index in [-0.39, 0.29) is 5.54 Å². The number of hydrogen-bond donors (Lipinski definition) is 1. The van der Waals surface area contributed by atoms with Crippen molar-refractivity contribution in [2.45, 2.75) is 39.2 Å². The second kappa shape index (κ2) is 3.53. The number of unbranched alkanes of at least 4 members (excludes halogenated alkanes) is 1. The van der Waals surface area contributed by atoms with Crippen LogP contribution >= 0.6 is 0 Å². The summed E-state index contributed by atoms with van der Waals surface area (Å²) in [5.41, 5.74) is 5.29. The Morgan fingerprint density at radius 3 is 2.33 bits per heavy atom. The van der Waals surface area contributed by atoms with Gasteiger partial charge < -0.3 is 5.73 Å². The predicted octanol–water partition coefficient (Wildman–Crippen LogP) is 1.53. The highest BCUT2D eigenvalue weighted by molar-refractivity contribution is 5.12. The molecule has 0 aromatic carbocycles. The zero-order chi connectivity index (χ0) is 7.33. The standard InChI is InChI=1S/C8H15N/c1-4-5-6-7-8(2,3)9/h4-5,9H2,1-3H3. The molecule has 0 aromatic heterocycles. The minimum absolute atomic E-state index is 0.310. The average Bonchev–Trinajstić information content (AvgIpc) is 1.63. The summed E-state index contributed by atoms with van der Waals surface area (Å²) in [4.78, 5) is 0. The van der Waals surface area contributed by atoms with Crippen LogP contribution in [0.5, 0.6) is 0 Å². The van der Waals surface area contributed by atoms with Crippen LogP contribution in [0.3, 0.4) is 0 Å². The largest absolute Gasteiger partial charge is 0.316 e. The van der Waals surface area contributed by atoms with Crippen LogP contribution in [0.4, 0.5) is 0 Å². The molecule has 0 aliphatic heterocycles. The van der Waals surface area contributed by atoms with Gasteiger partial charge in [0, 0.05) is 6.42 Å². The monoisotopic (exact) mass is 125 g/mol. The van der Waals surface area contributed by atoms with Crippen molar-refractivity contribution in [3.8, 4) is 11.8 Å². The van der Waals surface area contributed by atoms with Crippen LogP contribution in [0.1, 0.15) is 33.6 Å². The maximum absolute atomic E-state index is 5.60. The van der Waals surface area contributed by atoms with Crippen molar-refractivity contribution in [3.63, 3.8) is 0 Å². The third-order valence-corrected chi connectivity index (χ3v) is 0.786. The molecule has 0 saturated heterocycles. The summed E-state index contributed by atoms with van der Waals surface area (Å²) >= 11 is 0. The van der Waals surface area contributed by atoms with Crippen molar-refractivity contribution >= 4 is 0 Å². The highest BCUT2D eigenvalue weighted by Crippen LogP contribution is 1.92. The first-order chi connectivity index (χ1) is 4.06. The van der Waals surface area contributed by atoms with Gasteiger partial charge in [0.25, 0.3) is 0 Å². The number of rotatable bonds is 1. The molecule has 0 radical (unpaired) electrons. The Labute approximate surface area is 57.6 Å². The van der Waals surface area contributed by atoms with Gasteiger partial charge in [0.2, 0.25) is 0 Å². The molecule has 52 valence electrons. The second-order valence-electron chi connectivity index (χ2n) is 2.77. The molecule has 0 rings (SSSR count). The lowest BCUT2D eigenvalue weighted by Gasteiger charge is -2.06. The van der Waals surface area contributed by atoms with E-state index in [1.54, 1.807) is 0 Å². The van der Waals surface area contributed by atoms with Gasteiger partial charge in [-0.1, -0.05) is 12.8 Å². The molecule has 0 saturated carbocycles. The summed E-state index contributed by atoms with van der Waals surface area (Å²) in [5.74, 6) is 5.95. The zero-order valence-corrected chi connectivity index (χ0v) is 6.49. The summed E-state index contributed by atoms with van der Waals surface area (Å²) in [6, 6.07) is 0. The highest BCUT2D eigenvalue weighted by Gasteiger charge is 2.02. The Morgan fingerprint density at radius 2 is 2.00 bits per heavy atom. The van der Waals surface area contributed by atoms with Gasteiger partial charge in [-0.05, 0) is 20.3 Å². The number of hydrogen-bond acceptors (Lipinski definition) is 1. The minimum Gasteiger partial charge on any atom is -0.316 e. The summed E-state index contributed by atoms with van der Waals surface area (Å²) in [6.07, 6.45) is 2.07. The van der Waals surface area contributed by atoms with Crippen LogP contribution in [0.25, 0.3) is 0 Å². The van der Waals surface area contributed by atoms with Crippen molar-refractivity contribution in [2.24, 2.45) is 5.73 Å². The van der Waals surface area contributed by atoms with Crippen molar-refractivity contribution in [1.29, 1.82) is 0 Å². The molecular formula is C8H15N. The molecule has 0 aromatic rings. The first-order valence-electron chi connectivity index (χ1n) is 3.35.